The summed E-state index contributed by atoms with van der Waals surface area (Å²) >= 11 is 0. The molecule has 0 aromatic rings. The van der Waals surface area contributed by atoms with Crippen LogP contribution in [0.3, 0.4) is 0 Å². The van der Waals surface area contributed by atoms with Crippen molar-refractivity contribution in [1.29, 1.82) is 0 Å². The van der Waals surface area contributed by atoms with Crippen LogP contribution < -0.4 is 5.32 Å². The van der Waals surface area contributed by atoms with Crippen LogP contribution in [0.15, 0.2) is 12.2 Å². The summed E-state index contributed by atoms with van der Waals surface area (Å²) < 4.78 is 4.85. The fourth-order valence-corrected chi connectivity index (χ4v) is 1.34. The summed E-state index contributed by atoms with van der Waals surface area (Å²) in [5.74, 6) is 0.0373. The van der Waals surface area contributed by atoms with Crippen molar-refractivity contribution in [3.63, 3.8) is 0 Å². The van der Waals surface area contributed by atoms with Crippen LogP contribution in [-0.2, 0) is 9.53 Å². The minimum Gasteiger partial charge on any atom is -0.463 e. The van der Waals surface area contributed by atoms with Crippen LogP contribution in [0.4, 0.5) is 0 Å². The van der Waals surface area contributed by atoms with Crippen LogP contribution in [0.25, 0.3) is 0 Å². The molecule has 1 N–H and O–H groups in total. The minimum atomic E-state index is -0.244. The van der Waals surface area contributed by atoms with Crippen molar-refractivity contribution in [3.8, 4) is 0 Å². The van der Waals surface area contributed by atoms with E-state index in [-0.39, 0.29) is 11.9 Å². The monoisotopic (exact) mass is 169 g/mol. The molecule has 0 unspecified atom stereocenters. The molecule has 1 aliphatic heterocycles. The largest absolute Gasteiger partial charge is 0.463 e. The zero-order valence-electron chi connectivity index (χ0n) is 7.43. The van der Waals surface area contributed by atoms with Crippen molar-refractivity contribution < 1.29 is 9.53 Å². The van der Waals surface area contributed by atoms with Gasteiger partial charge in [-0.1, -0.05) is 6.58 Å². The molecule has 3 heteroatoms. The second-order valence-electron chi connectivity index (χ2n) is 2.94. The molecule has 3 nitrogen and oxygen atoms in total. The normalized spacial score (nSPS) is 22.2. The van der Waals surface area contributed by atoms with Crippen LogP contribution in [-0.4, -0.2) is 25.7 Å². The van der Waals surface area contributed by atoms with Crippen molar-refractivity contribution >= 4 is 5.97 Å². The Bertz CT molecular complexity index is 183. The molecule has 0 aliphatic carbocycles. The van der Waals surface area contributed by atoms with Gasteiger partial charge in [0.1, 0.15) is 0 Å². The summed E-state index contributed by atoms with van der Waals surface area (Å²) in [6.45, 7) is 7.81. The molecule has 1 saturated heterocycles. The molecule has 1 fully saturated rings. The fourth-order valence-electron chi connectivity index (χ4n) is 1.34. The Morgan fingerprint density at radius 1 is 1.75 bits per heavy atom. The Morgan fingerprint density at radius 3 is 3.00 bits per heavy atom. The number of hydrogen-bond acceptors (Lipinski definition) is 3. The molecule has 1 atom stereocenters. The lowest BCUT2D eigenvalue weighted by Gasteiger charge is -2.10. The molecule has 0 saturated carbocycles. The Morgan fingerprint density at radius 2 is 2.50 bits per heavy atom. The summed E-state index contributed by atoms with van der Waals surface area (Å²) in [4.78, 5) is 11.2. The number of carbonyl (C=O) groups is 1. The van der Waals surface area contributed by atoms with Gasteiger partial charge in [0.25, 0.3) is 0 Å². The van der Waals surface area contributed by atoms with Crippen molar-refractivity contribution in [2.45, 2.75) is 13.3 Å². The van der Waals surface area contributed by atoms with Gasteiger partial charge in [-0.15, -0.1) is 0 Å². The highest BCUT2D eigenvalue weighted by Crippen LogP contribution is 2.17. The van der Waals surface area contributed by atoms with Crippen molar-refractivity contribution in [2.24, 2.45) is 5.92 Å². The number of hydrogen-bond donors (Lipinski definition) is 1. The number of rotatable bonds is 3. The number of ether oxygens (including phenoxy) is 1. The lowest BCUT2D eigenvalue weighted by atomic mass is 10.0. The predicted molar refractivity (Wildman–Crippen MR) is 46.7 cm³/mol. The molecule has 1 aliphatic rings. The second-order valence-corrected chi connectivity index (χ2v) is 2.94. The molecule has 12 heavy (non-hydrogen) atoms. The van der Waals surface area contributed by atoms with Crippen LogP contribution in [0.5, 0.6) is 0 Å². The second kappa shape index (κ2) is 4.26. The van der Waals surface area contributed by atoms with E-state index < -0.39 is 0 Å². The smallest absolute Gasteiger partial charge is 0.333 e. The lowest BCUT2D eigenvalue weighted by Crippen LogP contribution is -2.17. The molecule has 0 radical (unpaired) electrons. The van der Waals surface area contributed by atoms with Gasteiger partial charge in [-0.2, -0.15) is 0 Å². The van der Waals surface area contributed by atoms with E-state index in [1.807, 2.05) is 0 Å². The molecule has 1 heterocycles. The molecule has 0 aromatic heterocycles. The number of nitrogens with one attached hydrogen (secondary N) is 1. The van der Waals surface area contributed by atoms with Gasteiger partial charge in [-0.05, 0) is 19.9 Å². The summed E-state index contributed by atoms with van der Waals surface area (Å²) in [5, 5.41) is 3.18. The van der Waals surface area contributed by atoms with Crippen LogP contribution in [0.2, 0.25) is 0 Å². The summed E-state index contributed by atoms with van der Waals surface area (Å²) in [6.07, 6.45) is 0.998. The van der Waals surface area contributed by atoms with Crippen LogP contribution in [0, 0.1) is 5.92 Å². The number of esters is 1. The van der Waals surface area contributed by atoms with E-state index in [4.69, 9.17) is 4.74 Å². The van der Waals surface area contributed by atoms with Crippen molar-refractivity contribution in [3.05, 3.63) is 12.2 Å². The zero-order chi connectivity index (χ0) is 8.97. The van der Waals surface area contributed by atoms with Gasteiger partial charge in [-0.25, -0.2) is 4.79 Å². The maximum atomic E-state index is 11.2. The molecule has 0 bridgehead atoms. The van der Waals surface area contributed by atoms with Crippen LogP contribution >= 0.6 is 0 Å². The standard InChI is InChI=1S/C9H15NO2/c1-3-12-9(11)7(2)8-4-5-10-6-8/h8,10H,2-6H2,1H3/t8-/m1/s1. The predicted octanol–water partition coefficient (Wildman–Crippen LogP) is 0.715. The first kappa shape index (κ1) is 9.26. The van der Waals surface area contributed by atoms with E-state index in [0.717, 1.165) is 19.5 Å². The Balaban J connectivity index is 2.40. The molecule has 1 rings (SSSR count). The van der Waals surface area contributed by atoms with E-state index in [1.165, 1.54) is 0 Å². The quantitative estimate of drug-likeness (QED) is 0.499. The van der Waals surface area contributed by atoms with E-state index in [9.17, 15) is 4.79 Å². The van der Waals surface area contributed by atoms with Gasteiger partial charge in [0.05, 0.1) is 6.61 Å². The maximum Gasteiger partial charge on any atom is 0.333 e. The maximum absolute atomic E-state index is 11.2. The third-order valence-corrected chi connectivity index (χ3v) is 2.09. The SMILES string of the molecule is C=C(C(=O)OCC)[C@@H]1CCNC1. The molecule has 0 amide bonds. The van der Waals surface area contributed by atoms with E-state index >= 15 is 0 Å². The van der Waals surface area contributed by atoms with Gasteiger partial charge in [0.2, 0.25) is 0 Å². The Labute approximate surface area is 72.8 Å². The summed E-state index contributed by atoms with van der Waals surface area (Å²) in [5.41, 5.74) is 0.613. The van der Waals surface area contributed by atoms with Gasteiger partial charge in [-0.3, -0.25) is 0 Å². The highest BCUT2D eigenvalue weighted by Gasteiger charge is 2.22. The van der Waals surface area contributed by atoms with E-state index in [0.29, 0.717) is 12.2 Å². The molecule has 0 aromatic carbocycles. The molecule has 0 spiro atoms. The lowest BCUT2D eigenvalue weighted by molar-refractivity contribution is -0.139. The van der Waals surface area contributed by atoms with Gasteiger partial charge in [0, 0.05) is 18.0 Å². The zero-order valence-corrected chi connectivity index (χ0v) is 7.43. The van der Waals surface area contributed by atoms with Gasteiger partial charge >= 0.3 is 5.97 Å². The minimum absolute atomic E-state index is 0.244. The average Bonchev–Trinajstić information content (AvgIpc) is 2.55. The summed E-state index contributed by atoms with van der Waals surface area (Å²) in [7, 11) is 0. The van der Waals surface area contributed by atoms with Gasteiger partial charge < -0.3 is 10.1 Å². The topological polar surface area (TPSA) is 38.3 Å². The first-order valence-electron chi connectivity index (χ1n) is 4.32. The van der Waals surface area contributed by atoms with E-state index in [2.05, 4.69) is 11.9 Å². The molecular weight excluding hydrogens is 154 g/mol. The highest BCUT2D eigenvalue weighted by atomic mass is 16.5. The van der Waals surface area contributed by atoms with Crippen LogP contribution in [0.1, 0.15) is 13.3 Å². The first-order valence-corrected chi connectivity index (χ1v) is 4.32. The molecular formula is C9H15NO2. The third-order valence-electron chi connectivity index (χ3n) is 2.09. The summed E-state index contributed by atoms with van der Waals surface area (Å²) in [6, 6.07) is 0. The van der Waals surface area contributed by atoms with Crippen molar-refractivity contribution in [2.75, 3.05) is 19.7 Å². The first-order chi connectivity index (χ1) is 5.75. The highest BCUT2D eigenvalue weighted by molar-refractivity contribution is 5.88. The third kappa shape index (κ3) is 2.08. The van der Waals surface area contributed by atoms with E-state index in [1.54, 1.807) is 6.92 Å². The van der Waals surface area contributed by atoms with Crippen molar-refractivity contribution in [1.82, 2.24) is 5.32 Å². The Kier molecular flexibility index (Phi) is 3.29. The Hall–Kier alpha value is -0.830. The number of carbonyl (C=O) groups excluding carboxylic acids is 1. The van der Waals surface area contributed by atoms with Gasteiger partial charge in [0.15, 0.2) is 0 Å². The average molecular weight is 169 g/mol. The molecule has 68 valence electrons. The fraction of sp³-hybridized carbons (Fsp3) is 0.667.